The van der Waals surface area contributed by atoms with E-state index < -0.39 is 29.6 Å². The van der Waals surface area contributed by atoms with Crippen LogP contribution in [0, 0.1) is 0 Å². The van der Waals surface area contributed by atoms with Gasteiger partial charge in [-0.2, -0.15) is 0 Å². The first kappa shape index (κ1) is 19.2. The molecule has 26 heavy (non-hydrogen) atoms. The zero-order valence-electron chi connectivity index (χ0n) is 14.7. The highest BCUT2D eigenvalue weighted by molar-refractivity contribution is 6.01. The van der Waals surface area contributed by atoms with Gasteiger partial charge in [0.25, 0.3) is 5.56 Å². The molecule has 2 aromatic rings. The van der Waals surface area contributed by atoms with E-state index in [1.807, 2.05) is 18.2 Å². The lowest BCUT2D eigenvalue weighted by atomic mass is 10.2. The molecule has 0 fully saturated rings. The van der Waals surface area contributed by atoms with E-state index in [1.165, 1.54) is 4.57 Å². The Morgan fingerprint density at radius 2 is 1.73 bits per heavy atom. The van der Waals surface area contributed by atoms with E-state index in [2.05, 4.69) is 0 Å². The molecule has 2 N–H and O–H groups in total. The molecule has 8 nitrogen and oxygen atoms in total. The Morgan fingerprint density at radius 3 is 2.31 bits per heavy atom. The first-order valence-corrected chi connectivity index (χ1v) is 8.26. The highest BCUT2D eigenvalue weighted by atomic mass is 16.5. The number of aromatic nitrogens is 2. The van der Waals surface area contributed by atoms with Gasteiger partial charge in [0.15, 0.2) is 6.61 Å². The van der Waals surface area contributed by atoms with E-state index in [9.17, 15) is 19.2 Å². The maximum Gasteiger partial charge on any atom is 0.332 e. The predicted octanol–water partition coefficient (Wildman–Crippen LogP) is 0.796. The summed E-state index contributed by atoms with van der Waals surface area (Å²) < 4.78 is 6.91. The van der Waals surface area contributed by atoms with Crippen LogP contribution in [0.3, 0.4) is 0 Å². The van der Waals surface area contributed by atoms with Gasteiger partial charge in [0.05, 0.1) is 6.54 Å². The minimum Gasteiger partial charge on any atom is -0.457 e. The normalized spacial score (nSPS) is 10.5. The average Bonchev–Trinajstić information content (AvgIpc) is 2.64. The highest BCUT2D eigenvalue weighted by Gasteiger charge is 2.23. The van der Waals surface area contributed by atoms with Crippen LogP contribution in [0.25, 0.3) is 0 Å². The zero-order chi connectivity index (χ0) is 19.3. The summed E-state index contributed by atoms with van der Waals surface area (Å²) in [6.07, 6.45) is 0.107. The second-order valence-corrected chi connectivity index (χ2v) is 5.60. The molecule has 0 aliphatic carbocycles. The molecule has 0 aliphatic heterocycles. The lowest BCUT2D eigenvalue weighted by Gasteiger charge is -2.15. The van der Waals surface area contributed by atoms with E-state index in [0.29, 0.717) is 0 Å². The van der Waals surface area contributed by atoms with Gasteiger partial charge in [-0.25, -0.2) is 4.79 Å². The Bertz CT molecular complexity index is 928. The third kappa shape index (κ3) is 3.90. The Kier molecular flexibility index (Phi) is 6.11. The van der Waals surface area contributed by atoms with Crippen molar-refractivity contribution in [3.05, 3.63) is 62.3 Å². The van der Waals surface area contributed by atoms with Crippen molar-refractivity contribution in [3.63, 3.8) is 0 Å². The number of anilines is 1. The smallest absolute Gasteiger partial charge is 0.332 e. The molecule has 138 valence electrons. The molecule has 0 radical (unpaired) electrons. The van der Waals surface area contributed by atoms with Gasteiger partial charge in [-0.15, -0.1) is 0 Å². The van der Waals surface area contributed by atoms with Gasteiger partial charge in [-0.1, -0.05) is 37.3 Å². The van der Waals surface area contributed by atoms with Gasteiger partial charge in [-0.3, -0.25) is 23.5 Å². The Balaban J connectivity index is 2.53. The molecule has 0 saturated carbocycles. The minimum absolute atomic E-state index is 0.0851. The van der Waals surface area contributed by atoms with E-state index in [-0.39, 0.29) is 30.9 Å². The van der Waals surface area contributed by atoms with Gasteiger partial charge in [0, 0.05) is 13.0 Å². The van der Waals surface area contributed by atoms with E-state index in [4.69, 9.17) is 10.5 Å². The molecular formula is C18H21N3O5. The molecule has 0 atom stereocenters. The molecule has 0 spiro atoms. The van der Waals surface area contributed by atoms with E-state index >= 15 is 0 Å². The third-order valence-electron chi connectivity index (χ3n) is 3.90. The monoisotopic (exact) mass is 359 g/mol. The van der Waals surface area contributed by atoms with Crippen molar-refractivity contribution in [1.82, 2.24) is 9.13 Å². The number of carbonyl (C=O) groups is 2. The summed E-state index contributed by atoms with van der Waals surface area (Å²) in [7, 11) is 0. The summed E-state index contributed by atoms with van der Waals surface area (Å²) in [4.78, 5) is 48.8. The molecular weight excluding hydrogens is 338 g/mol. The van der Waals surface area contributed by atoms with Crippen LogP contribution in [0.2, 0.25) is 0 Å². The minimum atomic E-state index is -0.781. The second kappa shape index (κ2) is 8.28. The van der Waals surface area contributed by atoms with Crippen molar-refractivity contribution in [1.29, 1.82) is 0 Å². The predicted molar refractivity (Wildman–Crippen MR) is 96.2 cm³/mol. The number of esters is 1. The molecule has 0 unspecified atom stereocenters. The summed E-state index contributed by atoms with van der Waals surface area (Å²) in [5.74, 6) is -1.53. The number of benzene rings is 1. The first-order chi connectivity index (χ1) is 12.4. The fourth-order valence-corrected chi connectivity index (χ4v) is 2.50. The standard InChI is InChI=1S/C18H21N3O5/c1-3-14(23)26-11-13(22)15-16(19)21(10-12-8-6-5-7-9-12)18(25)20(4-2)17(15)24/h5-9H,3-4,10-11,19H2,1-2H3. The van der Waals surface area contributed by atoms with Crippen LogP contribution in [0.5, 0.6) is 0 Å². The zero-order valence-corrected chi connectivity index (χ0v) is 14.7. The number of ketones is 1. The maximum absolute atomic E-state index is 12.6. The van der Waals surface area contributed by atoms with Gasteiger partial charge in [0.2, 0.25) is 5.78 Å². The second-order valence-electron chi connectivity index (χ2n) is 5.60. The first-order valence-electron chi connectivity index (χ1n) is 8.26. The summed E-state index contributed by atoms with van der Waals surface area (Å²) >= 11 is 0. The Hall–Kier alpha value is -3.16. The molecule has 0 amide bonds. The van der Waals surface area contributed by atoms with Crippen molar-refractivity contribution in [2.24, 2.45) is 0 Å². The van der Waals surface area contributed by atoms with Crippen molar-refractivity contribution in [3.8, 4) is 0 Å². The molecule has 0 aliphatic rings. The number of nitrogens with zero attached hydrogens (tertiary/aromatic N) is 2. The number of rotatable bonds is 7. The van der Waals surface area contributed by atoms with Crippen LogP contribution < -0.4 is 17.0 Å². The average molecular weight is 359 g/mol. The van der Waals surface area contributed by atoms with Crippen LogP contribution in [-0.4, -0.2) is 27.5 Å². The number of hydrogen-bond acceptors (Lipinski definition) is 6. The van der Waals surface area contributed by atoms with Crippen molar-refractivity contribution in [2.45, 2.75) is 33.4 Å². The molecule has 0 bridgehead atoms. The number of ether oxygens (including phenoxy) is 1. The summed E-state index contributed by atoms with van der Waals surface area (Å²) in [6.45, 7) is 2.81. The SMILES string of the molecule is CCC(=O)OCC(=O)c1c(N)n(Cc2ccccc2)c(=O)n(CC)c1=O. The van der Waals surface area contributed by atoms with E-state index in [0.717, 1.165) is 10.1 Å². The molecule has 2 rings (SSSR count). The lowest BCUT2D eigenvalue weighted by molar-refractivity contribution is -0.142. The van der Waals surface area contributed by atoms with Gasteiger partial charge in [0.1, 0.15) is 11.4 Å². The van der Waals surface area contributed by atoms with Gasteiger partial charge in [-0.05, 0) is 12.5 Å². The quantitative estimate of drug-likeness (QED) is 0.578. The van der Waals surface area contributed by atoms with Crippen LogP contribution >= 0.6 is 0 Å². The van der Waals surface area contributed by atoms with Crippen molar-refractivity contribution in [2.75, 3.05) is 12.3 Å². The molecule has 0 saturated heterocycles. The number of nitrogen functional groups attached to an aromatic ring is 1. The van der Waals surface area contributed by atoms with Crippen LogP contribution in [0.1, 0.15) is 36.2 Å². The Labute approximate surface area is 149 Å². The third-order valence-corrected chi connectivity index (χ3v) is 3.90. The lowest BCUT2D eigenvalue weighted by Crippen LogP contribution is -2.44. The molecule has 1 aromatic heterocycles. The topological polar surface area (TPSA) is 113 Å². The van der Waals surface area contributed by atoms with Crippen molar-refractivity contribution < 1.29 is 14.3 Å². The molecule has 8 heteroatoms. The van der Waals surface area contributed by atoms with Gasteiger partial charge >= 0.3 is 11.7 Å². The van der Waals surface area contributed by atoms with Crippen LogP contribution in [0.4, 0.5) is 5.82 Å². The highest BCUT2D eigenvalue weighted by Crippen LogP contribution is 2.10. The van der Waals surface area contributed by atoms with Crippen LogP contribution in [-0.2, 0) is 22.6 Å². The number of nitrogens with two attached hydrogens (primary N) is 1. The summed E-state index contributed by atoms with van der Waals surface area (Å²) in [6, 6.07) is 9.06. The number of hydrogen-bond donors (Lipinski definition) is 1. The van der Waals surface area contributed by atoms with E-state index in [1.54, 1.807) is 26.0 Å². The van der Waals surface area contributed by atoms with Gasteiger partial charge < -0.3 is 10.5 Å². The Morgan fingerprint density at radius 1 is 1.08 bits per heavy atom. The molecule has 1 aromatic carbocycles. The van der Waals surface area contributed by atoms with Crippen LogP contribution in [0.15, 0.2) is 39.9 Å². The molecule has 1 heterocycles. The fourth-order valence-electron chi connectivity index (χ4n) is 2.50. The largest absolute Gasteiger partial charge is 0.457 e. The van der Waals surface area contributed by atoms with Crippen molar-refractivity contribution >= 4 is 17.6 Å². The number of Topliss-reactive ketones (excluding diaryl/α,β-unsaturated/α-hetero) is 1. The summed E-state index contributed by atoms with van der Waals surface area (Å²) in [5, 5.41) is 0. The number of carbonyl (C=O) groups excluding carboxylic acids is 2. The fraction of sp³-hybridized carbons (Fsp3) is 0.333. The summed E-state index contributed by atoms with van der Waals surface area (Å²) in [5.41, 5.74) is 5.06. The maximum atomic E-state index is 12.6.